The van der Waals surface area contributed by atoms with Crippen molar-refractivity contribution in [2.75, 3.05) is 11.9 Å². The third-order valence-electron chi connectivity index (χ3n) is 3.79. The summed E-state index contributed by atoms with van der Waals surface area (Å²) >= 11 is 1.97. The van der Waals surface area contributed by atoms with Crippen LogP contribution in [-0.2, 0) is 9.59 Å². The predicted molar refractivity (Wildman–Crippen MR) is 112 cm³/mol. The number of rotatable bonds is 5. The van der Waals surface area contributed by atoms with Gasteiger partial charge in [0, 0.05) is 5.69 Å². The Balaban J connectivity index is 2.02. The second-order valence-corrected chi connectivity index (χ2v) is 6.85. The Kier molecular flexibility index (Phi) is 7.17. The van der Waals surface area contributed by atoms with E-state index in [0.29, 0.717) is 27.2 Å². The average molecular weight is 481 g/mol. The van der Waals surface area contributed by atoms with Gasteiger partial charge in [-0.05, 0) is 78.3 Å². The first-order chi connectivity index (χ1) is 12.8. The van der Waals surface area contributed by atoms with E-state index in [9.17, 15) is 14.7 Å². The van der Waals surface area contributed by atoms with E-state index in [4.69, 9.17) is 4.74 Å². The molecule has 0 heterocycles. The predicted octanol–water partition coefficient (Wildman–Crippen LogP) is 3.10. The van der Waals surface area contributed by atoms with E-state index < -0.39 is 11.8 Å². The highest BCUT2D eigenvalue weighted by molar-refractivity contribution is 14.1. The molecular formula is C19H20IN3O4. The van der Waals surface area contributed by atoms with E-state index >= 15 is 0 Å². The first kappa shape index (κ1) is 20.7. The number of benzene rings is 2. The Bertz CT molecular complexity index is 897. The van der Waals surface area contributed by atoms with Gasteiger partial charge in [0.05, 0.1) is 16.4 Å². The molecule has 3 N–H and O–H groups in total. The van der Waals surface area contributed by atoms with Crippen molar-refractivity contribution in [2.45, 2.75) is 20.8 Å². The number of carbonyl (C=O) groups is 2. The van der Waals surface area contributed by atoms with E-state index in [-0.39, 0.29) is 5.75 Å². The molecule has 0 aliphatic rings. The normalized spacial score (nSPS) is 10.7. The highest BCUT2D eigenvalue weighted by Crippen LogP contribution is 2.32. The highest BCUT2D eigenvalue weighted by atomic mass is 127. The molecule has 2 rings (SSSR count). The van der Waals surface area contributed by atoms with Crippen LogP contribution in [0.1, 0.15) is 23.6 Å². The molecule has 0 fully saturated rings. The first-order valence-electron chi connectivity index (χ1n) is 8.19. The van der Waals surface area contributed by atoms with Crippen molar-refractivity contribution in [3.05, 3.63) is 50.6 Å². The van der Waals surface area contributed by atoms with Gasteiger partial charge in [0.1, 0.15) is 0 Å². The molecule has 0 aromatic heterocycles. The summed E-state index contributed by atoms with van der Waals surface area (Å²) in [5.41, 5.74) is 5.27. The highest BCUT2D eigenvalue weighted by Gasteiger charge is 2.14. The van der Waals surface area contributed by atoms with Gasteiger partial charge < -0.3 is 15.2 Å². The van der Waals surface area contributed by atoms with Crippen LogP contribution in [-0.4, -0.2) is 29.7 Å². The van der Waals surface area contributed by atoms with Gasteiger partial charge in [0.2, 0.25) is 0 Å². The number of phenols is 1. The quantitative estimate of drug-likeness (QED) is 0.265. The molecular weight excluding hydrogens is 461 g/mol. The number of ether oxygens (including phenoxy) is 1. The van der Waals surface area contributed by atoms with Crippen molar-refractivity contribution in [3.63, 3.8) is 0 Å². The minimum atomic E-state index is -0.884. The van der Waals surface area contributed by atoms with Crippen LogP contribution < -0.4 is 15.5 Å². The average Bonchev–Trinajstić information content (AvgIpc) is 2.63. The topological polar surface area (TPSA) is 100 Å². The third-order valence-corrected chi connectivity index (χ3v) is 4.61. The van der Waals surface area contributed by atoms with Crippen molar-refractivity contribution in [2.24, 2.45) is 5.10 Å². The van der Waals surface area contributed by atoms with Crippen molar-refractivity contribution < 1.29 is 19.4 Å². The number of hydrogen-bond donors (Lipinski definition) is 3. The fourth-order valence-electron chi connectivity index (χ4n) is 2.22. The lowest BCUT2D eigenvalue weighted by molar-refractivity contribution is -0.136. The van der Waals surface area contributed by atoms with E-state index in [1.807, 2.05) is 49.4 Å². The number of aryl methyl sites for hydroxylation is 1. The minimum Gasteiger partial charge on any atom is -0.504 e. The lowest BCUT2D eigenvalue weighted by atomic mass is 10.1. The number of carbonyl (C=O) groups excluding carboxylic acids is 2. The van der Waals surface area contributed by atoms with Crippen LogP contribution in [0.3, 0.4) is 0 Å². The van der Waals surface area contributed by atoms with Crippen LogP contribution in [0, 0.1) is 17.4 Å². The molecule has 2 amide bonds. The summed E-state index contributed by atoms with van der Waals surface area (Å²) in [6, 6.07) is 8.71. The standard InChI is InChI=1S/C19H20IN3O4/c1-4-27-16-9-13(8-14(20)17(16)24)10-21-23-19(26)18(25)22-15-7-5-6-11(2)12(15)3/h5-10,24H,4H2,1-3H3,(H,22,25)(H,23,26)/b21-10-. The van der Waals surface area contributed by atoms with Crippen molar-refractivity contribution >= 4 is 46.3 Å². The third kappa shape index (κ3) is 5.43. The Labute approximate surface area is 171 Å². The zero-order chi connectivity index (χ0) is 20.0. The number of hydrogen-bond acceptors (Lipinski definition) is 5. The number of hydrazone groups is 1. The van der Waals surface area contributed by atoms with Gasteiger partial charge in [-0.25, -0.2) is 5.43 Å². The molecule has 142 valence electrons. The molecule has 0 saturated heterocycles. The van der Waals surface area contributed by atoms with E-state index in [2.05, 4.69) is 15.8 Å². The number of halogens is 1. The molecule has 2 aromatic rings. The molecule has 0 saturated carbocycles. The monoisotopic (exact) mass is 481 g/mol. The SMILES string of the molecule is CCOc1cc(/C=N\NC(=O)C(=O)Nc2cccc(C)c2C)cc(I)c1O. The summed E-state index contributed by atoms with van der Waals surface area (Å²) in [6.45, 7) is 6.00. The zero-order valence-corrected chi connectivity index (χ0v) is 17.3. The first-order valence-corrected chi connectivity index (χ1v) is 9.27. The van der Waals surface area contributed by atoms with Gasteiger partial charge in [-0.1, -0.05) is 12.1 Å². The fraction of sp³-hybridized carbons (Fsp3) is 0.211. The summed E-state index contributed by atoms with van der Waals surface area (Å²) in [4.78, 5) is 23.9. The largest absolute Gasteiger partial charge is 0.504 e. The number of anilines is 1. The summed E-state index contributed by atoms with van der Waals surface area (Å²) in [5, 5.41) is 16.3. The molecule has 7 nitrogen and oxygen atoms in total. The number of nitrogens with one attached hydrogen (secondary N) is 2. The molecule has 27 heavy (non-hydrogen) atoms. The van der Waals surface area contributed by atoms with E-state index in [0.717, 1.165) is 11.1 Å². The van der Waals surface area contributed by atoms with E-state index in [1.54, 1.807) is 24.3 Å². The summed E-state index contributed by atoms with van der Waals surface area (Å²) in [6.07, 6.45) is 1.37. The van der Waals surface area contributed by atoms with Crippen LogP contribution in [0.4, 0.5) is 5.69 Å². The van der Waals surface area contributed by atoms with Crippen LogP contribution in [0.15, 0.2) is 35.4 Å². The zero-order valence-electron chi connectivity index (χ0n) is 15.2. The van der Waals surface area contributed by atoms with Crippen molar-refractivity contribution in [1.82, 2.24) is 5.43 Å². The Morgan fingerprint density at radius 3 is 2.70 bits per heavy atom. The van der Waals surface area contributed by atoms with Crippen LogP contribution in [0.5, 0.6) is 11.5 Å². The van der Waals surface area contributed by atoms with Gasteiger partial charge in [-0.2, -0.15) is 5.10 Å². The molecule has 0 aliphatic heterocycles. The maximum absolute atomic E-state index is 12.0. The molecule has 0 atom stereocenters. The number of amides is 2. The minimum absolute atomic E-state index is 0.0477. The van der Waals surface area contributed by atoms with Crippen molar-refractivity contribution in [3.8, 4) is 11.5 Å². The molecule has 0 spiro atoms. The summed E-state index contributed by atoms with van der Waals surface area (Å²) < 4.78 is 5.93. The van der Waals surface area contributed by atoms with Gasteiger partial charge in [-0.3, -0.25) is 9.59 Å². The molecule has 0 bridgehead atoms. The summed E-state index contributed by atoms with van der Waals surface area (Å²) in [7, 11) is 0. The number of nitrogens with zero attached hydrogens (tertiary/aromatic N) is 1. The Morgan fingerprint density at radius 2 is 2.00 bits per heavy atom. The molecule has 0 radical (unpaired) electrons. The van der Waals surface area contributed by atoms with Gasteiger partial charge in [0.25, 0.3) is 0 Å². The Morgan fingerprint density at radius 1 is 1.26 bits per heavy atom. The van der Waals surface area contributed by atoms with Gasteiger partial charge in [0.15, 0.2) is 11.5 Å². The number of phenolic OH excluding ortho intramolecular Hbond substituents is 1. The van der Waals surface area contributed by atoms with Crippen LogP contribution >= 0.6 is 22.6 Å². The maximum Gasteiger partial charge on any atom is 0.329 e. The second-order valence-electron chi connectivity index (χ2n) is 5.68. The molecule has 2 aromatic carbocycles. The second kappa shape index (κ2) is 9.36. The van der Waals surface area contributed by atoms with Gasteiger partial charge in [-0.15, -0.1) is 0 Å². The van der Waals surface area contributed by atoms with Crippen molar-refractivity contribution in [1.29, 1.82) is 0 Å². The molecule has 8 heteroatoms. The van der Waals surface area contributed by atoms with Crippen LogP contribution in [0.25, 0.3) is 0 Å². The maximum atomic E-state index is 12.0. The molecule has 0 aliphatic carbocycles. The number of aromatic hydroxyl groups is 1. The van der Waals surface area contributed by atoms with Crippen LogP contribution in [0.2, 0.25) is 0 Å². The Hall–Kier alpha value is -2.62. The lowest BCUT2D eigenvalue weighted by Crippen LogP contribution is -2.32. The van der Waals surface area contributed by atoms with Gasteiger partial charge >= 0.3 is 11.8 Å². The van der Waals surface area contributed by atoms with E-state index in [1.165, 1.54) is 6.21 Å². The molecule has 0 unspecified atom stereocenters. The lowest BCUT2D eigenvalue weighted by Gasteiger charge is -2.09. The fourth-order valence-corrected chi connectivity index (χ4v) is 2.84. The summed E-state index contributed by atoms with van der Waals surface area (Å²) in [5.74, 6) is -1.32. The smallest absolute Gasteiger partial charge is 0.329 e.